The van der Waals surface area contributed by atoms with Crippen molar-refractivity contribution >= 4 is 5.82 Å². The number of aromatic nitrogens is 4. The molecule has 9 heteroatoms. The summed E-state index contributed by atoms with van der Waals surface area (Å²) in [5, 5.41) is 0. The number of alkyl halides is 3. The molecule has 3 heterocycles. The standard InChI is InChI=1S/C16H20F3N5O/c1-3-23-8-6-20-14(15(23)25)24-7-4-5-11(9-24)13-21-12(10-22(13)2)16(17,18)19/h6,8,10-11H,3-5,7,9H2,1-2H3/t11-/m0/s1. The van der Waals surface area contributed by atoms with Gasteiger partial charge < -0.3 is 14.0 Å². The first-order valence-electron chi connectivity index (χ1n) is 8.22. The summed E-state index contributed by atoms with van der Waals surface area (Å²) in [5.74, 6) is 0.564. The van der Waals surface area contributed by atoms with Crippen molar-refractivity contribution in [3.8, 4) is 0 Å². The normalized spacial score (nSPS) is 18.6. The summed E-state index contributed by atoms with van der Waals surface area (Å²) in [4.78, 5) is 22.3. The highest BCUT2D eigenvalue weighted by atomic mass is 19.4. The number of anilines is 1. The van der Waals surface area contributed by atoms with Crippen LogP contribution < -0.4 is 10.5 Å². The first-order valence-corrected chi connectivity index (χ1v) is 8.22. The first kappa shape index (κ1) is 17.5. The van der Waals surface area contributed by atoms with Crippen molar-refractivity contribution in [3.63, 3.8) is 0 Å². The Bertz CT molecular complexity index is 811. The number of piperidine rings is 1. The van der Waals surface area contributed by atoms with Crippen molar-refractivity contribution in [1.82, 2.24) is 19.1 Å². The Hall–Kier alpha value is -2.32. The molecule has 0 aromatic carbocycles. The molecule has 0 unspecified atom stereocenters. The maximum atomic E-state index is 12.9. The number of hydrogen-bond donors (Lipinski definition) is 0. The molecule has 1 aliphatic heterocycles. The minimum Gasteiger partial charge on any atom is -0.351 e. The molecule has 2 aromatic rings. The molecule has 136 valence electrons. The first-order chi connectivity index (χ1) is 11.8. The van der Waals surface area contributed by atoms with Gasteiger partial charge >= 0.3 is 6.18 Å². The zero-order chi connectivity index (χ0) is 18.2. The second kappa shape index (κ2) is 6.53. The van der Waals surface area contributed by atoms with Crippen LogP contribution in [0.2, 0.25) is 0 Å². The molecule has 0 N–H and O–H groups in total. The highest BCUT2D eigenvalue weighted by molar-refractivity contribution is 5.37. The lowest BCUT2D eigenvalue weighted by Gasteiger charge is -2.32. The molecule has 0 bridgehead atoms. The summed E-state index contributed by atoms with van der Waals surface area (Å²) >= 11 is 0. The molecule has 0 spiro atoms. The van der Waals surface area contributed by atoms with E-state index in [9.17, 15) is 18.0 Å². The van der Waals surface area contributed by atoms with Crippen LogP contribution in [-0.4, -0.2) is 32.2 Å². The van der Waals surface area contributed by atoms with Crippen LogP contribution in [-0.2, 0) is 19.8 Å². The molecule has 1 saturated heterocycles. The summed E-state index contributed by atoms with van der Waals surface area (Å²) in [6.07, 6.45) is 1.25. The molecular formula is C16H20F3N5O. The van der Waals surface area contributed by atoms with E-state index < -0.39 is 11.9 Å². The van der Waals surface area contributed by atoms with Gasteiger partial charge in [0.15, 0.2) is 11.5 Å². The third-order valence-corrected chi connectivity index (χ3v) is 4.53. The number of rotatable bonds is 3. The van der Waals surface area contributed by atoms with E-state index in [2.05, 4.69) is 9.97 Å². The Morgan fingerprint density at radius 1 is 1.36 bits per heavy atom. The maximum absolute atomic E-state index is 12.9. The lowest BCUT2D eigenvalue weighted by Crippen LogP contribution is -2.40. The van der Waals surface area contributed by atoms with Crippen molar-refractivity contribution in [2.45, 2.75) is 38.4 Å². The van der Waals surface area contributed by atoms with Gasteiger partial charge in [0.25, 0.3) is 5.56 Å². The maximum Gasteiger partial charge on any atom is 0.434 e. The van der Waals surface area contributed by atoms with Crippen LogP contribution in [0.5, 0.6) is 0 Å². The van der Waals surface area contributed by atoms with Crippen LogP contribution in [0.25, 0.3) is 0 Å². The van der Waals surface area contributed by atoms with Gasteiger partial charge in [-0.25, -0.2) is 9.97 Å². The summed E-state index contributed by atoms with van der Waals surface area (Å²) in [6.45, 7) is 3.50. The highest BCUT2D eigenvalue weighted by Crippen LogP contribution is 2.32. The van der Waals surface area contributed by atoms with Gasteiger partial charge in [0.1, 0.15) is 5.82 Å². The van der Waals surface area contributed by atoms with Crippen LogP contribution in [0.3, 0.4) is 0 Å². The molecule has 1 atom stereocenters. The van der Waals surface area contributed by atoms with Gasteiger partial charge in [-0.15, -0.1) is 0 Å². The van der Waals surface area contributed by atoms with E-state index in [1.165, 1.54) is 4.57 Å². The average molecular weight is 355 g/mol. The number of imidazole rings is 1. The van der Waals surface area contributed by atoms with E-state index in [1.54, 1.807) is 24.0 Å². The lowest BCUT2D eigenvalue weighted by atomic mass is 9.97. The number of halogens is 3. The predicted octanol–water partition coefficient (Wildman–Crippen LogP) is 2.40. The second-order valence-corrected chi connectivity index (χ2v) is 6.22. The van der Waals surface area contributed by atoms with Crippen LogP contribution >= 0.6 is 0 Å². The fourth-order valence-corrected chi connectivity index (χ4v) is 3.28. The largest absolute Gasteiger partial charge is 0.434 e. The highest BCUT2D eigenvalue weighted by Gasteiger charge is 2.36. The smallest absolute Gasteiger partial charge is 0.351 e. The third-order valence-electron chi connectivity index (χ3n) is 4.53. The molecule has 2 aromatic heterocycles. The minimum atomic E-state index is -4.46. The van der Waals surface area contributed by atoms with Crippen molar-refractivity contribution < 1.29 is 13.2 Å². The molecule has 0 saturated carbocycles. The van der Waals surface area contributed by atoms with Gasteiger partial charge in [-0.1, -0.05) is 0 Å². The van der Waals surface area contributed by atoms with Crippen molar-refractivity contribution in [2.24, 2.45) is 7.05 Å². The van der Waals surface area contributed by atoms with Crippen LogP contribution in [0, 0.1) is 0 Å². The van der Waals surface area contributed by atoms with Crippen molar-refractivity contribution in [3.05, 3.63) is 40.5 Å². The van der Waals surface area contributed by atoms with E-state index in [0.29, 0.717) is 31.3 Å². The quantitative estimate of drug-likeness (QED) is 0.848. The molecular weight excluding hydrogens is 335 g/mol. The monoisotopic (exact) mass is 355 g/mol. The minimum absolute atomic E-state index is 0.175. The fourth-order valence-electron chi connectivity index (χ4n) is 3.28. The zero-order valence-corrected chi connectivity index (χ0v) is 14.1. The third kappa shape index (κ3) is 3.40. The van der Waals surface area contributed by atoms with E-state index in [-0.39, 0.29) is 11.5 Å². The van der Waals surface area contributed by atoms with E-state index in [4.69, 9.17) is 0 Å². The molecule has 25 heavy (non-hydrogen) atoms. The summed E-state index contributed by atoms with van der Waals surface area (Å²) < 4.78 is 41.7. The fraction of sp³-hybridized carbons (Fsp3) is 0.562. The topological polar surface area (TPSA) is 56.0 Å². The number of aryl methyl sites for hydroxylation is 2. The van der Waals surface area contributed by atoms with Gasteiger partial charge in [-0.2, -0.15) is 13.2 Å². The van der Waals surface area contributed by atoms with E-state index in [0.717, 1.165) is 19.0 Å². The summed E-state index contributed by atoms with van der Waals surface area (Å²) in [7, 11) is 1.57. The van der Waals surface area contributed by atoms with Gasteiger partial charge in [0, 0.05) is 51.2 Å². The average Bonchev–Trinajstić information content (AvgIpc) is 2.97. The molecule has 1 aliphatic rings. The van der Waals surface area contributed by atoms with E-state index >= 15 is 0 Å². The van der Waals surface area contributed by atoms with Gasteiger partial charge in [-0.05, 0) is 19.8 Å². The Morgan fingerprint density at radius 3 is 2.76 bits per heavy atom. The molecule has 6 nitrogen and oxygen atoms in total. The molecule has 1 fully saturated rings. The van der Waals surface area contributed by atoms with Gasteiger partial charge in [0.2, 0.25) is 0 Å². The van der Waals surface area contributed by atoms with Crippen LogP contribution in [0.4, 0.5) is 19.0 Å². The van der Waals surface area contributed by atoms with Gasteiger partial charge in [-0.3, -0.25) is 4.79 Å². The zero-order valence-electron chi connectivity index (χ0n) is 14.1. The predicted molar refractivity (Wildman–Crippen MR) is 86.6 cm³/mol. The molecule has 0 radical (unpaired) electrons. The second-order valence-electron chi connectivity index (χ2n) is 6.22. The summed E-state index contributed by atoms with van der Waals surface area (Å²) in [5.41, 5.74) is -1.06. The Kier molecular flexibility index (Phi) is 4.57. The van der Waals surface area contributed by atoms with Crippen molar-refractivity contribution in [2.75, 3.05) is 18.0 Å². The number of nitrogens with zero attached hydrogens (tertiary/aromatic N) is 5. The Labute approximate surface area is 142 Å². The molecule has 0 amide bonds. The Morgan fingerprint density at radius 2 is 2.12 bits per heavy atom. The van der Waals surface area contributed by atoms with Crippen LogP contribution in [0.1, 0.15) is 37.2 Å². The van der Waals surface area contributed by atoms with E-state index in [1.807, 2.05) is 11.8 Å². The number of hydrogen-bond acceptors (Lipinski definition) is 4. The molecule has 3 rings (SSSR count). The van der Waals surface area contributed by atoms with Crippen LogP contribution in [0.15, 0.2) is 23.4 Å². The Balaban J connectivity index is 1.87. The van der Waals surface area contributed by atoms with Gasteiger partial charge in [0.05, 0.1) is 0 Å². The van der Waals surface area contributed by atoms with Crippen molar-refractivity contribution in [1.29, 1.82) is 0 Å². The lowest BCUT2D eigenvalue weighted by molar-refractivity contribution is -0.141. The summed E-state index contributed by atoms with van der Waals surface area (Å²) in [6, 6.07) is 0. The SMILES string of the molecule is CCn1ccnc(N2CCC[C@H](c3nc(C(F)(F)F)cn3C)C2)c1=O. The molecule has 0 aliphatic carbocycles.